The minimum Gasteiger partial charge on any atom is -0.495 e. The van der Waals surface area contributed by atoms with Crippen LogP contribution in [0, 0.1) is 0 Å². The van der Waals surface area contributed by atoms with Crippen LogP contribution in [0.2, 0.25) is 0 Å². The molecule has 0 aliphatic heterocycles. The molecule has 5 nitrogen and oxygen atoms in total. The highest BCUT2D eigenvalue weighted by atomic mass is 32.2. The van der Waals surface area contributed by atoms with Gasteiger partial charge in [0.2, 0.25) is 5.91 Å². The molecule has 2 rings (SSSR count). The monoisotopic (exact) mass is 304 g/mol. The van der Waals surface area contributed by atoms with Gasteiger partial charge in [0, 0.05) is 17.3 Å². The molecule has 1 unspecified atom stereocenters. The molecular weight excluding hydrogens is 288 g/mol. The third-order valence-corrected chi connectivity index (χ3v) is 4.39. The number of carbonyl (C=O) groups is 1. The number of ether oxygens (including phenoxy) is 1. The van der Waals surface area contributed by atoms with Crippen molar-refractivity contribution in [1.82, 2.24) is 0 Å². The van der Waals surface area contributed by atoms with E-state index >= 15 is 0 Å². The number of amides is 1. The van der Waals surface area contributed by atoms with Crippen molar-refractivity contribution in [3.63, 3.8) is 0 Å². The summed E-state index contributed by atoms with van der Waals surface area (Å²) >= 11 is 0. The first kappa shape index (κ1) is 15.1. The molecule has 0 spiro atoms. The van der Waals surface area contributed by atoms with Crippen LogP contribution in [-0.2, 0) is 16.6 Å². The summed E-state index contributed by atoms with van der Waals surface area (Å²) in [7, 11) is 0.243. The fraction of sp³-hybridized carbons (Fsp3) is 0.133. The smallest absolute Gasteiger partial charge is 0.248 e. The van der Waals surface area contributed by atoms with Gasteiger partial charge < -0.3 is 16.2 Å². The average molecular weight is 304 g/mol. The lowest BCUT2D eigenvalue weighted by Gasteiger charge is -2.09. The number of nitrogen functional groups attached to an aromatic ring is 1. The summed E-state index contributed by atoms with van der Waals surface area (Å²) in [5.74, 6) is 0.337. The summed E-state index contributed by atoms with van der Waals surface area (Å²) in [6.07, 6.45) is 0. The quantitative estimate of drug-likeness (QED) is 0.822. The highest BCUT2D eigenvalue weighted by Crippen LogP contribution is 2.26. The van der Waals surface area contributed by atoms with Crippen molar-refractivity contribution in [1.29, 1.82) is 0 Å². The van der Waals surface area contributed by atoms with Gasteiger partial charge in [-0.25, -0.2) is 0 Å². The number of benzene rings is 2. The summed E-state index contributed by atoms with van der Waals surface area (Å²) in [6, 6.07) is 11.7. The molecule has 6 heteroatoms. The Morgan fingerprint density at radius 3 is 2.43 bits per heavy atom. The zero-order valence-corrected chi connectivity index (χ0v) is 12.4. The topological polar surface area (TPSA) is 95.4 Å². The highest BCUT2D eigenvalue weighted by molar-refractivity contribution is 7.84. The number of primary amides is 1. The minimum atomic E-state index is -1.27. The van der Waals surface area contributed by atoms with Gasteiger partial charge in [-0.2, -0.15) is 0 Å². The zero-order chi connectivity index (χ0) is 15.4. The van der Waals surface area contributed by atoms with E-state index in [1.54, 1.807) is 42.5 Å². The maximum atomic E-state index is 12.4. The SMILES string of the molecule is COc1cc(N)ccc1S(=O)Cc1ccc(C(N)=O)cc1. The lowest BCUT2D eigenvalue weighted by Crippen LogP contribution is -2.10. The van der Waals surface area contributed by atoms with E-state index in [4.69, 9.17) is 16.2 Å². The van der Waals surface area contributed by atoms with E-state index in [-0.39, 0.29) is 0 Å². The maximum absolute atomic E-state index is 12.4. The Hall–Kier alpha value is -2.34. The number of methoxy groups -OCH3 is 1. The van der Waals surface area contributed by atoms with E-state index < -0.39 is 16.7 Å². The van der Waals surface area contributed by atoms with Gasteiger partial charge in [0.25, 0.3) is 0 Å². The van der Waals surface area contributed by atoms with Gasteiger partial charge >= 0.3 is 0 Å². The van der Waals surface area contributed by atoms with Crippen LogP contribution in [0.1, 0.15) is 15.9 Å². The number of nitrogens with two attached hydrogens (primary N) is 2. The molecule has 21 heavy (non-hydrogen) atoms. The van der Waals surface area contributed by atoms with Crippen LogP contribution >= 0.6 is 0 Å². The van der Waals surface area contributed by atoms with Gasteiger partial charge in [-0.05, 0) is 29.8 Å². The minimum absolute atomic E-state index is 0.319. The molecule has 2 aromatic carbocycles. The van der Waals surface area contributed by atoms with E-state index in [0.29, 0.717) is 27.6 Å². The zero-order valence-electron chi connectivity index (χ0n) is 11.5. The molecule has 0 radical (unpaired) electrons. The molecule has 0 aliphatic carbocycles. The molecule has 1 atom stereocenters. The molecule has 2 aromatic rings. The van der Waals surface area contributed by atoms with Crippen LogP contribution in [-0.4, -0.2) is 17.2 Å². The van der Waals surface area contributed by atoms with E-state index in [1.165, 1.54) is 7.11 Å². The number of hydrogen-bond donors (Lipinski definition) is 2. The first-order valence-electron chi connectivity index (χ1n) is 6.22. The second-order valence-corrected chi connectivity index (χ2v) is 5.88. The van der Waals surface area contributed by atoms with Gasteiger partial charge in [0.15, 0.2) is 0 Å². The second kappa shape index (κ2) is 6.41. The molecule has 0 fully saturated rings. The van der Waals surface area contributed by atoms with Crippen LogP contribution in [0.3, 0.4) is 0 Å². The molecule has 0 bridgehead atoms. The molecule has 0 saturated carbocycles. The lowest BCUT2D eigenvalue weighted by molar-refractivity contribution is 0.100. The largest absolute Gasteiger partial charge is 0.495 e. The van der Waals surface area contributed by atoms with Crippen LogP contribution in [0.25, 0.3) is 0 Å². The Morgan fingerprint density at radius 1 is 1.19 bits per heavy atom. The number of rotatable bonds is 5. The van der Waals surface area contributed by atoms with Crippen LogP contribution in [0.5, 0.6) is 5.75 Å². The van der Waals surface area contributed by atoms with Gasteiger partial charge in [-0.15, -0.1) is 0 Å². The molecule has 4 N–H and O–H groups in total. The summed E-state index contributed by atoms with van der Waals surface area (Å²) in [6.45, 7) is 0. The van der Waals surface area contributed by atoms with Crippen molar-refractivity contribution in [2.24, 2.45) is 5.73 Å². The molecule has 0 aliphatic rings. The maximum Gasteiger partial charge on any atom is 0.248 e. The number of hydrogen-bond acceptors (Lipinski definition) is 4. The van der Waals surface area contributed by atoms with E-state index in [0.717, 1.165) is 5.56 Å². The summed E-state index contributed by atoms with van der Waals surface area (Å²) < 4.78 is 17.6. The number of anilines is 1. The van der Waals surface area contributed by atoms with Gasteiger partial charge in [0.05, 0.1) is 28.6 Å². The van der Waals surface area contributed by atoms with Gasteiger partial charge in [-0.3, -0.25) is 9.00 Å². The second-order valence-electron chi connectivity index (χ2n) is 4.46. The Morgan fingerprint density at radius 2 is 1.86 bits per heavy atom. The van der Waals surface area contributed by atoms with Crippen molar-refractivity contribution in [3.05, 3.63) is 53.6 Å². The van der Waals surface area contributed by atoms with Crippen molar-refractivity contribution in [3.8, 4) is 5.75 Å². The molecule has 0 aromatic heterocycles. The third kappa shape index (κ3) is 3.61. The molecule has 110 valence electrons. The van der Waals surface area contributed by atoms with Crippen molar-refractivity contribution in [2.45, 2.75) is 10.6 Å². The summed E-state index contributed by atoms with van der Waals surface area (Å²) in [5, 5.41) is 0. The Kier molecular flexibility index (Phi) is 4.59. The Bertz CT molecular complexity index is 684. The van der Waals surface area contributed by atoms with E-state index in [1.807, 2.05) is 0 Å². The molecular formula is C15H16N2O3S. The highest BCUT2D eigenvalue weighted by Gasteiger charge is 2.12. The van der Waals surface area contributed by atoms with Crippen molar-refractivity contribution < 1.29 is 13.7 Å². The fourth-order valence-electron chi connectivity index (χ4n) is 1.87. The Labute approximate surface area is 125 Å². The van der Waals surface area contributed by atoms with E-state index in [9.17, 15) is 9.00 Å². The predicted molar refractivity (Wildman–Crippen MR) is 82.5 cm³/mol. The molecule has 0 saturated heterocycles. The lowest BCUT2D eigenvalue weighted by atomic mass is 10.1. The molecule has 1 amide bonds. The first-order valence-corrected chi connectivity index (χ1v) is 7.54. The predicted octanol–water partition coefficient (Wildman–Crippen LogP) is 1.68. The third-order valence-electron chi connectivity index (χ3n) is 2.97. The standard InChI is InChI=1S/C15H16N2O3S/c1-20-13-8-12(16)6-7-14(13)21(19)9-10-2-4-11(5-3-10)15(17)18/h2-8H,9,16H2,1H3,(H2,17,18). The van der Waals surface area contributed by atoms with Crippen molar-refractivity contribution in [2.75, 3.05) is 12.8 Å². The average Bonchev–Trinajstić information content (AvgIpc) is 2.47. The van der Waals surface area contributed by atoms with E-state index in [2.05, 4.69) is 0 Å². The van der Waals surface area contributed by atoms with Crippen molar-refractivity contribution >= 4 is 22.4 Å². The van der Waals surface area contributed by atoms with Crippen LogP contribution in [0.15, 0.2) is 47.4 Å². The molecule has 0 heterocycles. The van der Waals surface area contributed by atoms with Crippen LogP contribution in [0.4, 0.5) is 5.69 Å². The first-order chi connectivity index (χ1) is 10.0. The summed E-state index contributed by atoms with van der Waals surface area (Å²) in [5.41, 5.74) is 12.7. The number of carbonyl (C=O) groups excluding carboxylic acids is 1. The van der Waals surface area contributed by atoms with Gasteiger partial charge in [-0.1, -0.05) is 12.1 Å². The fourth-order valence-corrected chi connectivity index (χ4v) is 3.10. The van der Waals surface area contributed by atoms with Gasteiger partial charge in [0.1, 0.15) is 5.75 Å². The normalized spacial score (nSPS) is 11.9. The van der Waals surface area contributed by atoms with Crippen LogP contribution < -0.4 is 16.2 Å². The summed E-state index contributed by atoms with van der Waals surface area (Å²) in [4.78, 5) is 11.6. The Balaban J connectivity index is 2.19.